The van der Waals surface area contributed by atoms with Crippen molar-refractivity contribution in [2.24, 2.45) is 17.6 Å². The molecule has 1 aromatic rings. The van der Waals surface area contributed by atoms with Crippen LogP contribution in [0.2, 0.25) is 0 Å². The molecule has 1 unspecified atom stereocenters. The third kappa shape index (κ3) is 5.59. The summed E-state index contributed by atoms with van der Waals surface area (Å²) in [7, 11) is 0. The maximum absolute atomic E-state index is 12.6. The number of hydrogen-bond acceptors (Lipinski definition) is 4. The van der Waals surface area contributed by atoms with Crippen LogP contribution in [0.1, 0.15) is 39.0 Å². The van der Waals surface area contributed by atoms with Crippen molar-refractivity contribution < 1.29 is 14.3 Å². The molecule has 27 heavy (non-hydrogen) atoms. The Bertz CT molecular complexity index is 630. The molecular weight excluding hydrogens is 366 g/mol. The smallest absolute Gasteiger partial charge is 0.229 e. The summed E-state index contributed by atoms with van der Waals surface area (Å²) in [6, 6.07) is 7.54. The lowest BCUT2D eigenvalue weighted by Crippen LogP contribution is -2.39. The number of carbonyl (C=O) groups is 2. The van der Waals surface area contributed by atoms with Gasteiger partial charge in [0.05, 0.1) is 5.92 Å². The van der Waals surface area contributed by atoms with Gasteiger partial charge in [-0.15, -0.1) is 12.4 Å². The van der Waals surface area contributed by atoms with E-state index in [-0.39, 0.29) is 30.1 Å². The second kappa shape index (κ2) is 9.95. The minimum Gasteiger partial charge on any atom is -0.492 e. The first-order valence-electron chi connectivity index (χ1n) is 9.60. The molecular formula is C20H30ClN3O3. The first-order valence-corrected chi connectivity index (χ1v) is 9.60. The molecule has 0 radical (unpaired) electrons. The van der Waals surface area contributed by atoms with Crippen LogP contribution in [-0.4, -0.2) is 42.5 Å². The molecule has 1 heterocycles. The Labute approximate surface area is 167 Å². The molecule has 3 rings (SSSR count). The summed E-state index contributed by atoms with van der Waals surface area (Å²) in [4.78, 5) is 26.9. The predicted octanol–water partition coefficient (Wildman–Crippen LogP) is 2.81. The van der Waals surface area contributed by atoms with Crippen molar-refractivity contribution in [2.45, 2.75) is 45.1 Å². The fraction of sp³-hybridized carbons (Fsp3) is 0.600. The molecule has 7 heteroatoms. The van der Waals surface area contributed by atoms with Crippen molar-refractivity contribution >= 4 is 29.9 Å². The highest BCUT2D eigenvalue weighted by molar-refractivity contribution is 5.97. The van der Waals surface area contributed by atoms with Gasteiger partial charge in [-0.25, -0.2) is 0 Å². The number of amides is 2. The van der Waals surface area contributed by atoms with Crippen LogP contribution < -0.4 is 15.8 Å². The van der Waals surface area contributed by atoms with E-state index in [1.54, 1.807) is 24.3 Å². The van der Waals surface area contributed by atoms with Gasteiger partial charge in [-0.1, -0.05) is 6.92 Å². The number of ether oxygens (including phenoxy) is 1. The number of carbonyl (C=O) groups excluding carboxylic acids is 2. The van der Waals surface area contributed by atoms with E-state index in [0.717, 1.165) is 24.5 Å². The third-order valence-electron chi connectivity index (χ3n) is 5.46. The van der Waals surface area contributed by atoms with Crippen molar-refractivity contribution in [3.63, 3.8) is 0 Å². The molecule has 1 aromatic carbocycles. The standard InChI is InChI=1S/C20H29N3O3.ClH/c1-14-2-6-17(7-3-14)23-13-15(12-19(23)24)20(25)22-16-4-8-18(9-5-16)26-11-10-21;/h4-5,8-9,14-15,17H,2-3,6-7,10-13,21H2,1H3,(H,22,25);1H. The Balaban J connectivity index is 0.00000261. The number of nitrogens with one attached hydrogen (secondary N) is 1. The number of nitrogens with two attached hydrogens (primary N) is 1. The van der Waals surface area contributed by atoms with E-state index in [4.69, 9.17) is 10.5 Å². The number of rotatable bonds is 6. The zero-order valence-electron chi connectivity index (χ0n) is 15.9. The van der Waals surface area contributed by atoms with Gasteiger partial charge in [-0.05, 0) is 55.9 Å². The topological polar surface area (TPSA) is 84.7 Å². The second-order valence-corrected chi connectivity index (χ2v) is 7.51. The van der Waals surface area contributed by atoms with Gasteiger partial charge in [0.2, 0.25) is 11.8 Å². The lowest BCUT2D eigenvalue weighted by atomic mass is 9.87. The monoisotopic (exact) mass is 395 g/mol. The van der Waals surface area contributed by atoms with Gasteiger partial charge in [-0.2, -0.15) is 0 Å². The summed E-state index contributed by atoms with van der Waals surface area (Å²) in [5, 5.41) is 2.92. The predicted molar refractivity (Wildman–Crippen MR) is 108 cm³/mol. The SMILES string of the molecule is CC1CCC(N2CC(C(=O)Nc3ccc(OCCN)cc3)CC2=O)CC1.Cl. The van der Waals surface area contributed by atoms with E-state index in [9.17, 15) is 9.59 Å². The first-order chi connectivity index (χ1) is 12.6. The molecule has 3 N–H and O–H groups in total. The average molecular weight is 396 g/mol. The highest BCUT2D eigenvalue weighted by Crippen LogP contribution is 2.31. The maximum Gasteiger partial charge on any atom is 0.229 e. The molecule has 1 aliphatic heterocycles. The van der Waals surface area contributed by atoms with Crippen LogP contribution in [0.3, 0.4) is 0 Å². The van der Waals surface area contributed by atoms with E-state index in [1.807, 2.05) is 4.90 Å². The summed E-state index contributed by atoms with van der Waals surface area (Å²) in [6.45, 7) is 3.74. The Morgan fingerprint density at radius 3 is 2.52 bits per heavy atom. The fourth-order valence-electron chi connectivity index (χ4n) is 3.87. The van der Waals surface area contributed by atoms with E-state index in [2.05, 4.69) is 12.2 Å². The van der Waals surface area contributed by atoms with Gasteiger partial charge < -0.3 is 20.7 Å². The van der Waals surface area contributed by atoms with Gasteiger partial charge in [0.15, 0.2) is 0 Å². The Kier molecular flexibility index (Phi) is 7.92. The number of hydrogen-bond donors (Lipinski definition) is 2. The first kappa shape index (κ1) is 21.5. The second-order valence-electron chi connectivity index (χ2n) is 7.51. The van der Waals surface area contributed by atoms with Crippen molar-refractivity contribution in [3.8, 4) is 5.75 Å². The van der Waals surface area contributed by atoms with E-state index >= 15 is 0 Å². The lowest BCUT2D eigenvalue weighted by molar-refractivity contribution is -0.130. The number of nitrogens with zero attached hydrogens (tertiary/aromatic N) is 1. The van der Waals surface area contributed by atoms with Gasteiger partial charge >= 0.3 is 0 Å². The zero-order chi connectivity index (χ0) is 18.5. The minimum absolute atomic E-state index is 0. The van der Waals surface area contributed by atoms with E-state index in [1.165, 1.54) is 12.8 Å². The number of halogens is 1. The molecule has 0 aromatic heterocycles. The van der Waals surface area contributed by atoms with Gasteiger partial charge in [-0.3, -0.25) is 9.59 Å². The normalized spacial score (nSPS) is 25.0. The Hall–Kier alpha value is -1.79. The molecule has 1 saturated heterocycles. The van der Waals surface area contributed by atoms with Crippen molar-refractivity contribution in [3.05, 3.63) is 24.3 Å². The summed E-state index contributed by atoms with van der Waals surface area (Å²) < 4.78 is 5.43. The molecule has 6 nitrogen and oxygen atoms in total. The molecule has 2 amide bonds. The molecule has 2 fully saturated rings. The summed E-state index contributed by atoms with van der Waals surface area (Å²) in [6.07, 6.45) is 4.78. The van der Waals surface area contributed by atoms with E-state index in [0.29, 0.717) is 37.8 Å². The third-order valence-corrected chi connectivity index (χ3v) is 5.46. The highest BCUT2D eigenvalue weighted by atomic mass is 35.5. The molecule has 0 bridgehead atoms. The van der Waals surface area contributed by atoms with Gasteiger partial charge in [0, 0.05) is 31.2 Å². The summed E-state index contributed by atoms with van der Waals surface area (Å²) in [5.41, 5.74) is 6.13. The fourth-order valence-corrected chi connectivity index (χ4v) is 3.87. The van der Waals surface area contributed by atoms with Crippen LogP contribution in [0.25, 0.3) is 0 Å². The summed E-state index contributed by atoms with van der Waals surface area (Å²) in [5.74, 6) is 1.24. The van der Waals surface area contributed by atoms with Gasteiger partial charge in [0.1, 0.15) is 12.4 Å². The molecule has 0 spiro atoms. The highest BCUT2D eigenvalue weighted by Gasteiger charge is 2.38. The quantitative estimate of drug-likeness (QED) is 0.775. The van der Waals surface area contributed by atoms with Crippen molar-refractivity contribution in [2.75, 3.05) is 25.0 Å². The lowest BCUT2D eigenvalue weighted by Gasteiger charge is -2.33. The van der Waals surface area contributed by atoms with Crippen molar-refractivity contribution in [1.29, 1.82) is 0 Å². The Morgan fingerprint density at radius 2 is 1.89 bits per heavy atom. The molecule has 1 atom stereocenters. The number of anilines is 1. The molecule has 1 saturated carbocycles. The van der Waals surface area contributed by atoms with Crippen molar-refractivity contribution in [1.82, 2.24) is 4.90 Å². The summed E-state index contributed by atoms with van der Waals surface area (Å²) >= 11 is 0. The van der Waals surface area contributed by atoms with Crippen LogP contribution in [0, 0.1) is 11.8 Å². The average Bonchev–Trinajstić information content (AvgIpc) is 3.04. The number of likely N-dealkylation sites (tertiary alicyclic amines) is 1. The van der Waals surface area contributed by atoms with Crippen LogP contribution in [0.4, 0.5) is 5.69 Å². The zero-order valence-corrected chi connectivity index (χ0v) is 16.7. The Morgan fingerprint density at radius 1 is 1.22 bits per heavy atom. The molecule has 1 aliphatic carbocycles. The van der Waals surface area contributed by atoms with Crippen LogP contribution >= 0.6 is 12.4 Å². The van der Waals surface area contributed by atoms with Crippen LogP contribution in [0.15, 0.2) is 24.3 Å². The van der Waals surface area contributed by atoms with Crippen LogP contribution in [-0.2, 0) is 9.59 Å². The maximum atomic E-state index is 12.6. The molecule has 2 aliphatic rings. The largest absolute Gasteiger partial charge is 0.492 e. The minimum atomic E-state index is -0.269. The number of benzene rings is 1. The molecule has 150 valence electrons. The van der Waals surface area contributed by atoms with Gasteiger partial charge in [0.25, 0.3) is 0 Å². The van der Waals surface area contributed by atoms with E-state index < -0.39 is 0 Å². The van der Waals surface area contributed by atoms with Crippen LogP contribution in [0.5, 0.6) is 5.75 Å².